The smallest absolute Gasteiger partial charge is 0.145 e. The Morgan fingerprint density at radius 3 is 2.60 bits per heavy atom. The van der Waals surface area contributed by atoms with Crippen LogP contribution in [-0.2, 0) is 6.42 Å². The van der Waals surface area contributed by atoms with E-state index in [0.717, 1.165) is 35.6 Å². The van der Waals surface area contributed by atoms with Gasteiger partial charge in [0, 0.05) is 11.7 Å². The first-order valence-electron chi connectivity index (χ1n) is 7.04. The zero-order chi connectivity index (χ0) is 14.5. The van der Waals surface area contributed by atoms with Crippen molar-refractivity contribution in [2.45, 2.75) is 39.7 Å². The van der Waals surface area contributed by atoms with Gasteiger partial charge in [0.25, 0.3) is 0 Å². The largest absolute Gasteiger partial charge is 0.455 e. The van der Waals surface area contributed by atoms with Gasteiger partial charge in [0.05, 0.1) is 6.20 Å². The van der Waals surface area contributed by atoms with Crippen molar-refractivity contribution < 1.29 is 4.74 Å². The lowest BCUT2D eigenvalue weighted by atomic mass is 10.0. The molecule has 1 unspecified atom stereocenters. The number of nitrogens with zero attached hydrogens (tertiary/aromatic N) is 1. The highest BCUT2D eigenvalue weighted by Gasteiger charge is 2.06. The van der Waals surface area contributed by atoms with E-state index in [2.05, 4.69) is 31.0 Å². The summed E-state index contributed by atoms with van der Waals surface area (Å²) in [6, 6.07) is 10.3. The maximum Gasteiger partial charge on any atom is 0.145 e. The zero-order valence-electron chi connectivity index (χ0n) is 12.4. The number of hydrogen-bond acceptors (Lipinski definition) is 3. The van der Waals surface area contributed by atoms with Crippen LogP contribution < -0.4 is 10.5 Å². The van der Waals surface area contributed by atoms with E-state index in [9.17, 15) is 0 Å². The fourth-order valence-corrected chi connectivity index (χ4v) is 2.04. The fraction of sp³-hybridized carbons (Fsp3) is 0.353. The third kappa shape index (κ3) is 3.81. The second-order valence-electron chi connectivity index (χ2n) is 5.21. The van der Waals surface area contributed by atoms with Crippen LogP contribution in [0.5, 0.6) is 11.5 Å². The Hall–Kier alpha value is -1.87. The van der Waals surface area contributed by atoms with Gasteiger partial charge in [-0.3, -0.25) is 4.98 Å². The van der Waals surface area contributed by atoms with E-state index in [-0.39, 0.29) is 6.04 Å². The molecule has 1 aromatic carbocycles. The van der Waals surface area contributed by atoms with E-state index >= 15 is 0 Å². The third-order valence-electron chi connectivity index (χ3n) is 3.37. The summed E-state index contributed by atoms with van der Waals surface area (Å²) in [6.07, 6.45) is 3.64. The predicted molar refractivity (Wildman–Crippen MR) is 82.2 cm³/mol. The molecule has 20 heavy (non-hydrogen) atoms. The predicted octanol–water partition coefficient (Wildman–Crippen LogP) is 3.77. The zero-order valence-corrected chi connectivity index (χ0v) is 12.4. The molecule has 1 atom stereocenters. The number of nitrogens with two attached hydrogens (primary N) is 1. The van der Waals surface area contributed by atoms with E-state index < -0.39 is 0 Å². The van der Waals surface area contributed by atoms with Gasteiger partial charge in [0.15, 0.2) is 0 Å². The van der Waals surface area contributed by atoms with Crippen LogP contribution in [0.15, 0.2) is 36.5 Å². The second-order valence-corrected chi connectivity index (χ2v) is 5.21. The standard InChI is InChI=1S/C17H22N2O/c1-4-15(18)10-14-6-8-17(12(2)9-14)20-16-7-5-13(3)19-11-16/h5-9,11,15H,4,10,18H2,1-3H3. The molecule has 2 aromatic rings. The van der Waals surface area contributed by atoms with E-state index in [1.54, 1.807) is 6.20 Å². The van der Waals surface area contributed by atoms with Crippen molar-refractivity contribution in [1.29, 1.82) is 0 Å². The molecule has 2 rings (SSSR count). The van der Waals surface area contributed by atoms with Gasteiger partial charge in [-0.2, -0.15) is 0 Å². The van der Waals surface area contributed by atoms with Crippen LogP contribution in [-0.4, -0.2) is 11.0 Å². The summed E-state index contributed by atoms with van der Waals surface area (Å²) < 4.78 is 5.86. The number of benzene rings is 1. The van der Waals surface area contributed by atoms with Crippen LogP contribution in [0.3, 0.4) is 0 Å². The second kappa shape index (κ2) is 6.53. The van der Waals surface area contributed by atoms with Gasteiger partial charge in [-0.1, -0.05) is 19.1 Å². The summed E-state index contributed by atoms with van der Waals surface area (Å²) in [4.78, 5) is 4.23. The summed E-state index contributed by atoms with van der Waals surface area (Å²) in [5, 5.41) is 0. The number of ether oxygens (including phenoxy) is 1. The van der Waals surface area contributed by atoms with Crippen molar-refractivity contribution in [1.82, 2.24) is 4.98 Å². The van der Waals surface area contributed by atoms with Crippen LogP contribution >= 0.6 is 0 Å². The van der Waals surface area contributed by atoms with Crippen molar-refractivity contribution in [3.63, 3.8) is 0 Å². The molecular formula is C17H22N2O. The summed E-state index contributed by atoms with van der Waals surface area (Å²) in [7, 11) is 0. The molecule has 1 aromatic heterocycles. The Bertz CT molecular complexity index is 564. The van der Waals surface area contributed by atoms with Crippen LogP contribution in [0.2, 0.25) is 0 Å². The molecule has 0 saturated heterocycles. The van der Waals surface area contributed by atoms with Gasteiger partial charge >= 0.3 is 0 Å². The molecule has 0 radical (unpaired) electrons. The molecule has 0 bridgehead atoms. The summed E-state index contributed by atoms with van der Waals surface area (Å²) >= 11 is 0. The lowest BCUT2D eigenvalue weighted by molar-refractivity contribution is 0.476. The van der Waals surface area contributed by atoms with Gasteiger partial charge in [0.1, 0.15) is 11.5 Å². The van der Waals surface area contributed by atoms with Crippen molar-refractivity contribution in [2.75, 3.05) is 0 Å². The molecule has 1 heterocycles. The van der Waals surface area contributed by atoms with Crippen LogP contribution in [0.1, 0.15) is 30.2 Å². The van der Waals surface area contributed by atoms with E-state index in [1.807, 2.05) is 25.1 Å². The minimum Gasteiger partial charge on any atom is -0.455 e. The van der Waals surface area contributed by atoms with Gasteiger partial charge in [-0.05, 0) is 56.0 Å². The fourth-order valence-electron chi connectivity index (χ4n) is 2.04. The van der Waals surface area contributed by atoms with E-state index in [4.69, 9.17) is 10.5 Å². The minimum absolute atomic E-state index is 0.225. The molecule has 3 nitrogen and oxygen atoms in total. The number of rotatable bonds is 5. The van der Waals surface area contributed by atoms with Crippen molar-refractivity contribution in [3.05, 3.63) is 53.3 Å². The van der Waals surface area contributed by atoms with Crippen LogP contribution in [0.4, 0.5) is 0 Å². The minimum atomic E-state index is 0.225. The Morgan fingerprint density at radius 2 is 2.00 bits per heavy atom. The first-order valence-corrected chi connectivity index (χ1v) is 7.04. The molecule has 0 spiro atoms. The van der Waals surface area contributed by atoms with Crippen molar-refractivity contribution >= 4 is 0 Å². The van der Waals surface area contributed by atoms with Crippen molar-refractivity contribution in [3.8, 4) is 11.5 Å². The number of hydrogen-bond donors (Lipinski definition) is 1. The lowest BCUT2D eigenvalue weighted by Crippen LogP contribution is -2.21. The van der Waals surface area contributed by atoms with E-state index in [0.29, 0.717) is 0 Å². The average molecular weight is 270 g/mol. The Kier molecular flexibility index (Phi) is 4.74. The summed E-state index contributed by atoms with van der Waals surface area (Å²) in [5.74, 6) is 1.63. The van der Waals surface area contributed by atoms with Gasteiger partial charge in [-0.15, -0.1) is 0 Å². The Balaban J connectivity index is 2.11. The topological polar surface area (TPSA) is 48.1 Å². The maximum atomic E-state index is 5.99. The molecule has 2 N–H and O–H groups in total. The Labute approximate surface area is 120 Å². The average Bonchev–Trinajstić information content (AvgIpc) is 2.44. The molecule has 0 aliphatic heterocycles. The molecule has 0 aliphatic rings. The molecule has 0 saturated carbocycles. The molecule has 106 valence electrons. The number of pyridine rings is 1. The summed E-state index contributed by atoms with van der Waals surface area (Å²) in [5.41, 5.74) is 9.35. The van der Waals surface area contributed by atoms with Crippen molar-refractivity contribution in [2.24, 2.45) is 5.73 Å². The summed E-state index contributed by atoms with van der Waals surface area (Å²) in [6.45, 7) is 6.12. The highest BCUT2D eigenvalue weighted by molar-refractivity contribution is 5.39. The molecule has 0 fully saturated rings. The lowest BCUT2D eigenvalue weighted by Gasteiger charge is -2.12. The SMILES string of the molecule is CCC(N)Cc1ccc(Oc2ccc(C)nc2)c(C)c1. The van der Waals surface area contributed by atoms with Gasteiger partial charge in [0.2, 0.25) is 0 Å². The molecule has 0 aliphatic carbocycles. The highest BCUT2D eigenvalue weighted by atomic mass is 16.5. The Morgan fingerprint density at radius 1 is 1.20 bits per heavy atom. The molecular weight excluding hydrogens is 248 g/mol. The van der Waals surface area contributed by atoms with E-state index in [1.165, 1.54) is 5.56 Å². The van der Waals surface area contributed by atoms with Gasteiger partial charge in [-0.25, -0.2) is 0 Å². The molecule has 0 amide bonds. The third-order valence-corrected chi connectivity index (χ3v) is 3.37. The normalized spacial score (nSPS) is 12.2. The monoisotopic (exact) mass is 270 g/mol. The highest BCUT2D eigenvalue weighted by Crippen LogP contribution is 2.25. The first-order chi connectivity index (χ1) is 9.58. The molecule has 3 heteroatoms. The maximum absolute atomic E-state index is 5.99. The quantitative estimate of drug-likeness (QED) is 0.899. The van der Waals surface area contributed by atoms with Gasteiger partial charge < -0.3 is 10.5 Å². The first kappa shape index (κ1) is 14.5. The van der Waals surface area contributed by atoms with Crippen LogP contribution in [0.25, 0.3) is 0 Å². The number of aromatic nitrogens is 1. The van der Waals surface area contributed by atoms with Crippen LogP contribution in [0, 0.1) is 13.8 Å². The number of aryl methyl sites for hydroxylation is 2.